The van der Waals surface area contributed by atoms with E-state index in [1.54, 1.807) is 0 Å². The maximum absolute atomic E-state index is 6.02. The second-order valence-corrected chi connectivity index (χ2v) is 5.88. The molecular formula is C16H15Cl2N3. The fourth-order valence-electron chi connectivity index (χ4n) is 2.25. The van der Waals surface area contributed by atoms with Crippen molar-refractivity contribution in [2.45, 2.75) is 19.5 Å². The summed E-state index contributed by atoms with van der Waals surface area (Å²) in [7, 11) is 0. The SMILES string of the molecule is CC(NCc1cn2cc(Cl)ccc2n1)c1cccc(Cl)c1. The van der Waals surface area contributed by atoms with Gasteiger partial charge in [0, 0.05) is 30.0 Å². The predicted molar refractivity (Wildman–Crippen MR) is 86.9 cm³/mol. The largest absolute Gasteiger partial charge is 0.305 e. The van der Waals surface area contributed by atoms with Crippen molar-refractivity contribution in [2.24, 2.45) is 0 Å². The third kappa shape index (κ3) is 3.38. The molecule has 1 aromatic carbocycles. The van der Waals surface area contributed by atoms with Crippen molar-refractivity contribution in [1.82, 2.24) is 14.7 Å². The molecule has 0 spiro atoms. The molecule has 1 unspecified atom stereocenters. The number of hydrogen-bond acceptors (Lipinski definition) is 2. The number of hydrogen-bond donors (Lipinski definition) is 1. The van der Waals surface area contributed by atoms with Crippen LogP contribution in [0.1, 0.15) is 24.2 Å². The van der Waals surface area contributed by atoms with E-state index in [-0.39, 0.29) is 6.04 Å². The molecule has 0 radical (unpaired) electrons. The van der Waals surface area contributed by atoms with Crippen molar-refractivity contribution in [2.75, 3.05) is 0 Å². The van der Waals surface area contributed by atoms with Gasteiger partial charge in [-0.1, -0.05) is 35.3 Å². The van der Waals surface area contributed by atoms with Gasteiger partial charge >= 0.3 is 0 Å². The molecule has 3 rings (SSSR count). The topological polar surface area (TPSA) is 29.3 Å². The standard InChI is InChI=1S/C16H15Cl2N3/c1-11(12-3-2-4-13(17)7-12)19-8-15-10-21-9-14(18)5-6-16(21)20-15/h2-7,9-11,19H,8H2,1H3. The molecule has 21 heavy (non-hydrogen) atoms. The van der Waals surface area contributed by atoms with E-state index in [2.05, 4.69) is 23.3 Å². The van der Waals surface area contributed by atoms with Crippen molar-refractivity contribution in [3.05, 3.63) is 70.1 Å². The van der Waals surface area contributed by atoms with E-state index in [0.29, 0.717) is 11.6 Å². The van der Waals surface area contributed by atoms with E-state index < -0.39 is 0 Å². The number of nitrogens with zero attached hydrogens (tertiary/aromatic N) is 2. The number of aromatic nitrogens is 2. The van der Waals surface area contributed by atoms with Gasteiger partial charge in [-0.05, 0) is 36.8 Å². The second-order valence-electron chi connectivity index (χ2n) is 5.00. The van der Waals surface area contributed by atoms with E-state index in [1.165, 1.54) is 0 Å². The van der Waals surface area contributed by atoms with Gasteiger partial charge < -0.3 is 9.72 Å². The molecular weight excluding hydrogens is 305 g/mol. The molecule has 1 atom stereocenters. The van der Waals surface area contributed by atoms with Gasteiger partial charge in [-0.25, -0.2) is 4.98 Å². The quantitative estimate of drug-likeness (QED) is 0.767. The van der Waals surface area contributed by atoms with E-state index in [9.17, 15) is 0 Å². The van der Waals surface area contributed by atoms with Crippen LogP contribution in [0.4, 0.5) is 0 Å². The Morgan fingerprint density at radius 1 is 1.14 bits per heavy atom. The lowest BCUT2D eigenvalue weighted by atomic mass is 10.1. The Hall–Kier alpha value is -1.55. The molecule has 0 amide bonds. The zero-order valence-corrected chi connectivity index (χ0v) is 13.1. The summed E-state index contributed by atoms with van der Waals surface area (Å²) in [6.07, 6.45) is 3.84. The third-order valence-corrected chi connectivity index (χ3v) is 3.86. The highest BCUT2D eigenvalue weighted by Gasteiger charge is 2.07. The molecule has 5 heteroatoms. The van der Waals surface area contributed by atoms with Gasteiger partial charge in [0.2, 0.25) is 0 Å². The number of fused-ring (bicyclic) bond motifs is 1. The van der Waals surface area contributed by atoms with Crippen LogP contribution in [0.3, 0.4) is 0 Å². The molecule has 0 saturated heterocycles. The summed E-state index contributed by atoms with van der Waals surface area (Å²) >= 11 is 12.0. The molecule has 1 N–H and O–H groups in total. The van der Waals surface area contributed by atoms with Gasteiger partial charge in [-0.15, -0.1) is 0 Å². The molecule has 2 aromatic heterocycles. The number of rotatable bonds is 4. The monoisotopic (exact) mass is 319 g/mol. The van der Waals surface area contributed by atoms with Gasteiger partial charge in [0.05, 0.1) is 10.7 Å². The summed E-state index contributed by atoms with van der Waals surface area (Å²) in [4.78, 5) is 4.55. The summed E-state index contributed by atoms with van der Waals surface area (Å²) in [6, 6.07) is 11.8. The highest BCUT2D eigenvalue weighted by Crippen LogP contribution is 2.18. The molecule has 0 aliphatic carbocycles. The first-order valence-corrected chi connectivity index (χ1v) is 7.49. The van der Waals surface area contributed by atoms with E-state index in [4.69, 9.17) is 23.2 Å². The van der Waals surface area contributed by atoms with Gasteiger partial charge in [0.25, 0.3) is 0 Å². The highest BCUT2D eigenvalue weighted by atomic mass is 35.5. The van der Waals surface area contributed by atoms with Crippen molar-refractivity contribution in [3.8, 4) is 0 Å². The van der Waals surface area contributed by atoms with Crippen LogP contribution in [0.15, 0.2) is 48.8 Å². The van der Waals surface area contributed by atoms with Gasteiger partial charge in [-0.3, -0.25) is 0 Å². The molecule has 0 aliphatic heterocycles. The van der Waals surface area contributed by atoms with E-state index in [0.717, 1.165) is 21.9 Å². The summed E-state index contributed by atoms with van der Waals surface area (Å²) in [6.45, 7) is 2.80. The maximum Gasteiger partial charge on any atom is 0.137 e. The van der Waals surface area contributed by atoms with Crippen LogP contribution in [0, 0.1) is 0 Å². The van der Waals surface area contributed by atoms with Crippen LogP contribution in [-0.4, -0.2) is 9.38 Å². The first-order valence-electron chi connectivity index (χ1n) is 6.74. The van der Waals surface area contributed by atoms with Crippen LogP contribution in [-0.2, 0) is 6.54 Å². The summed E-state index contributed by atoms with van der Waals surface area (Å²) in [5, 5.41) is 4.90. The summed E-state index contributed by atoms with van der Waals surface area (Å²) < 4.78 is 1.93. The fourth-order valence-corrected chi connectivity index (χ4v) is 2.62. The molecule has 108 valence electrons. The highest BCUT2D eigenvalue weighted by molar-refractivity contribution is 6.30. The van der Waals surface area contributed by atoms with Gasteiger partial charge in [0.15, 0.2) is 0 Å². The Bertz CT molecular complexity index is 767. The Morgan fingerprint density at radius 3 is 2.81 bits per heavy atom. The molecule has 0 saturated carbocycles. The third-order valence-electron chi connectivity index (χ3n) is 3.40. The first-order chi connectivity index (χ1) is 10.1. The van der Waals surface area contributed by atoms with Crippen molar-refractivity contribution in [1.29, 1.82) is 0 Å². The minimum atomic E-state index is 0.206. The number of nitrogens with one attached hydrogen (secondary N) is 1. The lowest BCUT2D eigenvalue weighted by molar-refractivity contribution is 0.569. The fraction of sp³-hybridized carbons (Fsp3) is 0.188. The van der Waals surface area contributed by atoms with Crippen molar-refractivity contribution in [3.63, 3.8) is 0 Å². The van der Waals surface area contributed by atoms with Crippen LogP contribution in [0.2, 0.25) is 10.0 Å². The molecule has 2 heterocycles. The smallest absolute Gasteiger partial charge is 0.137 e. The van der Waals surface area contributed by atoms with E-state index >= 15 is 0 Å². The number of imidazole rings is 1. The lowest BCUT2D eigenvalue weighted by Crippen LogP contribution is -2.18. The average molecular weight is 320 g/mol. The van der Waals surface area contributed by atoms with Crippen molar-refractivity contribution < 1.29 is 0 Å². The molecule has 0 bridgehead atoms. The minimum absolute atomic E-state index is 0.206. The van der Waals surface area contributed by atoms with Crippen LogP contribution in [0.25, 0.3) is 5.65 Å². The molecule has 3 aromatic rings. The van der Waals surface area contributed by atoms with Crippen LogP contribution in [0.5, 0.6) is 0 Å². The maximum atomic E-state index is 6.02. The summed E-state index contributed by atoms with van der Waals surface area (Å²) in [5.74, 6) is 0. The van der Waals surface area contributed by atoms with Crippen LogP contribution < -0.4 is 5.32 Å². The Morgan fingerprint density at radius 2 is 2.00 bits per heavy atom. The molecule has 0 aliphatic rings. The second kappa shape index (κ2) is 6.06. The average Bonchev–Trinajstić information content (AvgIpc) is 2.86. The molecule has 3 nitrogen and oxygen atoms in total. The van der Waals surface area contributed by atoms with Gasteiger partial charge in [0.1, 0.15) is 5.65 Å². The van der Waals surface area contributed by atoms with E-state index in [1.807, 2.05) is 47.1 Å². The Kier molecular flexibility index (Phi) is 4.15. The summed E-state index contributed by atoms with van der Waals surface area (Å²) in [5.41, 5.74) is 3.03. The normalized spacial score (nSPS) is 12.7. The number of pyridine rings is 1. The van der Waals surface area contributed by atoms with Gasteiger partial charge in [-0.2, -0.15) is 0 Å². The molecule has 0 fully saturated rings. The zero-order chi connectivity index (χ0) is 14.8. The lowest BCUT2D eigenvalue weighted by Gasteiger charge is -2.13. The van der Waals surface area contributed by atoms with Crippen molar-refractivity contribution >= 4 is 28.8 Å². The minimum Gasteiger partial charge on any atom is -0.305 e. The number of halogens is 2. The Balaban J connectivity index is 1.71. The van der Waals surface area contributed by atoms with Crippen LogP contribution >= 0.6 is 23.2 Å². The first kappa shape index (κ1) is 14.4. The zero-order valence-electron chi connectivity index (χ0n) is 11.6. The Labute approximate surface area is 133 Å². The number of benzene rings is 1. The predicted octanol–water partition coefficient (Wildman–Crippen LogP) is 4.49.